The van der Waals surface area contributed by atoms with Crippen LogP contribution in [0, 0.1) is 0 Å². The van der Waals surface area contributed by atoms with Crippen LogP contribution >= 0.6 is 0 Å². The third-order valence-corrected chi connectivity index (χ3v) is 9.00. The molecule has 0 amide bonds. The fourth-order valence-corrected chi connectivity index (χ4v) is 6.01. The smallest absolute Gasteiger partial charge is 0.464 e. The van der Waals surface area contributed by atoms with Crippen LogP contribution < -0.4 is 56.4 Å². The van der Waals surface area contributed by atoms with Crippen LogP contribution in [0.5, 0.6) is 0 Å². The summed E-state index contributed by atoms with van der Waals surface area (Å²) in [5.74, 6) is 2.27. The quantitative estimate of drug-likeness (QED) is 0.0715. The number of benzene rings is 6. The number of nitrogens with one attached hydrogen (secondary N) is 1. The normalized spacial score (nSPS) is 12.7. The van der Waals surface area contributed by atoms with Crippen molar-refractivity contribution in [2.75, 3.05) is 52.5 Å². The topological polar surface area (TPSA) is 93.5 Å². The first-order chi connectivity index (χ1) is 28.3. The van der Waals surface area contributed by atoms with Crippen LogP contribution in [-0.4, -0.2) is 74.9 Å². The molecule has 1 heterocycles. The third-order valence-electron chi connectivity index (χ3n) is 9.00. The molecule has 0 aromatic heterocycles. The van der Waals surface area contributed by atoms with Gasteiger partial charge in [-0.25, -0.2) is 0 Å². The maximum Gasteiger partial charge on any atom is 3.00 e. The first-order valence-corrected chi connectivity index (χ1v) is 19.8. The zero-order chi connectivity index (χ0) is 39.0. The van der Waals surface area contributed by atoms with Crippen molar-refractivity contribution in [2.24, 2.45) is 9.98 Å². The molecule has 0 atom stereocenters. The number of hydrogen-bond acceptors (Lipinski definition) is 4. The van der Waals surface area contributed by atoms with Gasteiger partial charge in [-0.3, -0.25) is 5.32 Å². The molecule has 0 saturated carbocycles. The Bertz CT molecular complexity index is 1980. The number of ether oxygens (including phenoxy) is 1. The Morgan fingerprint density at radius 1 is 0.542 bits per heavy atom. The molecule has 6 aromatic rings. The molecule has 1 saturated heterocycles. The van der Waals surface area contributed by atoms with E-state index in [1.54, 1.807) is 0 Å². The summed E-state index contributed by atoms with van der Waals surface area (Å²) >= 11 is 0. The molecule has 0 aliphatic carbocycles. The van der Waals surface area contributed by atoms with E-state index in [0.29, 0.717) is 31.3 Å². The largest absolute Gasteiger partial charge is 3.00 e. The first kappa shape index (κ1) is 47.5. The Kier molecular flexibility index (Phi) is 22.8. The van der Waals surface area contributed by atoms with Crippen LogP contribution in [0.3, 0.4) is 0 Å². The van der Waals surface area contributed by atoms with Crippen LogP contribution in [0.25, 0.3) is 16.0 Å². The maximum absolute atomic E-state index is 5.08. The van der Waals surface area contributed by atoms with Crippen molar-refractivity contribution in [3.05, 3.63) is 215 Å². The second-order valence-electron chi connectivity index (χ2n) is 13.3. The van der Waals surface area contributed by atoms with E-state index in [-0.39, 0.29) is 68.2 Å². The molecule has 0 bridgehead atoms. The van der Waals surface area contributed by atoms with E-state index in [4.69, 9.17) is 30.7 Å². The molecule has 7 rings (SSSR count). The zero-order valence-corrected chi connectivity index (χ0v) is 38.0. The predicted molar refractivity (Wildman–Crippen MR) is 237 cm³/mol. The Morgan fingerprint density at radius 3 is 1.56 bits per heavy atom. The summed E-state index contributed by atoms with van der Waals surface area (Å²) in [5, 5.41) is 15.0. The second-order valence-corrected chi connectivity index (χ2v) is 13.3. The van der Waals surface area contributed by atoms with Gasteiger partial charge in [-0.1, -0.05) is 182 Å². The van der Waals surface area contributed by atoms with Crippen molar-refractivity contribution >= 4 is 34.6 Å². The van der Waals surface area contributed by atoms with E-state index in [1.165, 1.54) is 12.8 Å². The predicted octanol–water partition coefficient (Wildman–Crippen LogP) is 6.62. The molecule has 1 aliphatic rings. The third kappa shape index (κ3) is 17.5. The van der Waals surface area contributed by atoms with Gasteiger partial charge in [0.1, 0.15) is 5.84 Å². The monoisotopic (exact) mass is 851 g/mol. The summed E-state index contributed by atoms with van der Waals surface area (Å²) in [4.78, 5) is 15.8. The molecule has 0 spiro atoms. The van der Waals surface area contributed by atoms with Crippen LogP contribution in [0.2, 0.25) is 0 Å². The summed E-state index contributed by atoms with van der Waals surface area (Å²) in [5.41, 5.74) is 5.76. The molecule has 59 heavy (non-hydrogen) atoms. The van der Waals surface area contributed by atoms with Gasteiger partial charge in [0.15, 0.2) is 0 Å². The van der Waals surface area contributed by atoms with Crippen molar-refractivity contribution < 1.29 is 77.9 Å². The van der Waals surface area contributed by atoms with E-state index < -0.39 is 0 Å². The SMILES string of the molecule is C1CCOC1.[Co+3].[K+].c1ccc(N=C([N-]CCN(CCN=C([N-]c2ccccc2)c2ccccc2)CC[N-]C(=[NH+]c2ccccc2)c2ccccc2)c2ccccc2)cc1. The molecule has 296 valence electrons. The van der Waals surface area contributed by atoms with Crippen LogP contribution in [0.4, 0.5) is 17.1 Å². The molecule has 8 nitrogen and oxygen atoms in total. The molecule has 6 aromatic carbocycles. The average molecular weight is 852 g/mol. The van der Waals surface area contributed by atoms with Crippen LogP contribution in [0.1, 0.15) is 29.5 Å². The fourth-order valence-electron chi connectivity index (χ4n) is 6.01. The van der Waals surface area contributed by atoms with Crippen LogP contribution in [0.15, 0.2) is 192 Å². The van der Waals surface area contributed by atoms with Gasteiger partial charge in [0.25, 0.3) is 0 Å². The summed E-state index contributed by atoms with van der Waals surface area (Å²) in [6.45, 7) is 5.90. The van der Waals surface area contributed by atoms with Gasteiger partial charge < -0.3 is 35.2 Å². The standard InChI is InChI=1S/C45H42N7.C4H8O.Co.K/c1-7-19-37(20-8-1)43(49-40-25-13-4-14-26-40)46-31-34-52(35-32-47-44(38-21-9-2-10-22-38)50-41-27-15-5-16-28-41)36-33-48-45(39-23-11-3-12-24-39)51-42-29-17-6-18-30-42;1-2-4-5-3-1;;/h1-30H,31-36H2;1-4H2;;/q-3;;+3;+1/p+1. The molecule has 1 fully saturated rings. The summed E-state index contributed by atoms with van der Waals surface area (Å²) < 4.78 is 4.94. The van der Waals surface area contributed by atoms with Crippen molar-refractivity contribution in [1.29, 1.82) is 0 Å². The van der Waals surface area contributed by atoms with Gasteiger partial charge >= 0.3 is 68.2 Å². The van der Waals surface area contributed by atoms with Gasteiger partial charge in [-0.2, -0.15) is 0 Å². The molecule has 10 heteroatoms. The second kappa shape index (κ2) is 28.3. The maximum atomic E-state index is 5.08. The Balaban J connectivity index is 0.00000102. The fraction of sp³-hybridized carbons (Fsp3) is 0.204. The summed E-state index contributed by atoms with van der Waals surface area (Å²) in [7, 11) is 0. The van der Waals surface area contributed by atoms with E-state index in [0.717, 1.165) is 72.4 Å². The van der Waals surface area contributed by atoms with Crippen molar-refractivity contribution in [2.45, 2.75) is 12.8 Å². The molecule has 0 unspecified atom stereocenters. The molecule has 1 N–H and O–H groups in total. The number of para-hydroxylation sites is 3. The Morgan fingerprint density at radius 2 is 1.02 bits per heavy atom. The molecule has 1 aliphatic heterocycles. The first-order valence-electron chi connectivity index (χ1n) is 19.8. The summed E-state index contributed by atoms with van der Waals surface area (Å²) in [6.07, 6.45) is 2.56. The van der Waals surface area contributed by atoms with Gasteiger partial charge in [0.2, 0.25) is 0 Å². The van der Waals surface area contributed by atoms with Gasteiger partial charge in [-0.05, 0) is 73.7 Å². The number of rotatable bonds is 15. The van der Waals surface area contributed by atoms with Crippen molar-refractivity contribution in [3.63, 3.8) is 0 Å². The van der Waals surface area contributed by atoms with Gasteiger partial charge in [0.05, 0.1) is 6.54 Å². The number of amidine groups is 3. The number of aliphatic imine (C=N–C) groups is 2. The van der Waals surface area contributed by atoms with Crippen LogP contribution in [-0.2, 0) is 21.5 Å². The minimum atomic E-state index is 0. The van der Waals surface area contributed by atoms with Gasteiger partial charge in [-0.15, -0.1) is 0 Å². The molecular formula is C49H51CoKN7O+2. The van der Waals surface area contributed by atoms with E-state index >= 15 is 0 Å². The number of nitrogens with zero attached hydrogens (tertiary/aromatic N) is 6. The van der Waals surface area contributed by atoms with Crippen molar-refractivity contribution in [3.8, 4) is 0 Å². The van der Waals surface area contributed by atoms with Gasteiger partial charge in [0, 0.05) is 31.0 Å². The molecule has 0 radical (unpaired) electrons. The molecular weight excluding hydrogens is 801 g/mol. The Labute approximate surface area is 403 Å². The minimum absolute atomic E-state index is 0. The Hall–Kier alpha value is -4.21. The summed E-state index contributed by atoms with van der Waals surface area (Å²) in [6, 6.07) is 60.7. The number of hydrogen-bond donors (Lipinski definition) is 1. The van der Waals surface area contributed by atoms with E-state index in [1.807, 2.05) is 133 Å². The van der Waals surface area contributed by atoms with Crippen molar-refractivity contribution in [1.82, 2.24) is 4.90 Å². The minimum Gasteiger partial charge on any atom is -0.464 e. The average Bonchev–Trinajstić information content (AvgIpc) is 3.88. The van der Waals surface area contributed by atoms with E-state index in [2.05, 4.69) is 58.4 Å². The van der Waals surface area contributed by atoms with E-state index in [9.17, 15) is 0 Å². The zero-order valence-electron chi connectivity index (χ0n) is 33.8.